The van der Waals surface area contributed by atoms with Gasteiger partial charge in [0.2, 0.25) is 5.69 Å². The smallest absolute Gasteiger partial charge is 0.260 e. The van der Waals surface area contributed by atoms with Crippen molar-refractivity contribution in [2.75, 3.05) is 61.2 Å². The number of nitrogens with zero attached hydrogens (tertiary/aromatic N) is 3. The summed E-state index contributed by atoms with van der Waals surface area (Å²) in [6.07, 6.45) is 2.97. The number of fused-ring (bicyclic) bond motifs is 4. The SMILES string of the molecule is COc1cc2c(cc1OCC(=O)N1CCN(C)CC1)CC[n+]1cc3c(OC)c(OC)ccc3cc1-2. The number of likely N-dealkylation sites (N-methyl/N-ethyl adjacent to an activating group) is 1. The Bertz CT molecular complexity index is 1270. The maximum Gasteiger partial charge on any atom is 0.260 e. The number of benzene rings is 2. The Balaban J connectivity index is 1.44. The molecule has 3 heterocycles. The molecule has 0 spiro atoms. The van der Waals surface area contributed by atoms with Crippen LogP contribution < -0.4 is 23.5 Å². The largest absolute Gasteiger partial charge is 0.493 e. The Morgan fingerprint density at radius 3 is 2.43 bits per heavy atom. The molecule has 0 bridgehead atoms. The molecule has 0 atom stereocenters. The topological polar surface area (TPSA) is 64.4 Å². The van der Waals surface area contributed by atoms with Crippen LogP contribution in [0.25, 0.3) is 22.0 Å². The molecular formula is C27H32N3O5+. The van der Waals surface area contributed by atoms with Crippen LogP contribution in [0.4, 0.5) is 0 Å². The number of carbonyl (C=O) groups excluding carboxylic acids is 1. The average Bonchev–Trinajstić information content (AvgIpc) is 2.89. The van der Waals surface area contributed by atoms with Crippen LogP contribution in [0.2, 0.25) is 0 Å². The standard InChI is InChI=1S/C27H32N3O5/c1-28-9-11-29(12-10-28)26(31)17-35-25-14-19-7-8-30-16-21-18(5-6-23(32-2)27(21)34-4)13-22(30)20(19)15-24(25)33-3/h5-6,13-16H,7-12,17H2,1-4H3/q+1. The maximum atomic E-state index is 12.7. The highest BCUT2D eigenvalue weighted by atomic mass is 16.5. The lowest BCUT2D eigenvalue weighted by Gasteiger charge is -2.32. The summed E-state index contributed by atoms with van der Waals surface area (Å²) in [6.45, 7) is 4.08. The Morgan fingerprint density at radius 2 is 1.71 bits per heavy atom. The van der Waals surface area contributed by atoms with Gasteiger partial charge in [-0.2, -0.15) is 4.57 Å². The molecule has 0 saturated carbocycles. The maximum absolute atomic E-state index is 12.7. The number of amides is 1. The number of piperazine rings is 1. The van der Waals surface area contributed by atoms with Gasteiger partial charge in [-0.3, -0.25) is 4.79 Å². The monoisotopic (exact) mass is 478 g/mol. The number of pyridine rings is 1. The zero-order valence-corrected chi connectivity index (χ0v) is 20.8. The highest BCUT2D eigenvalue weighted by Crippen LogP contribution is 2.40. The van der Waals surface area contributed by atoms with E-state index >= 15 is 0 Å². The van der Waals surface area contributed by atoms with Gasteiger partial charge in [-0.05, 0) is 42.3 Å². The number of rotatable bonds is 6. The molecule has 2 aliphatic rings. The first-order valence-electron chi connectivity index (χ1n) is 11.9. The van der Waals surface area contributed by atoms with Crippen molar-refractivity contribution < 1.29 is 28.3 Å². The summed E-state index contributed by atoms with van der Waals surface area (Å²) >= 11 is 0. The van der Waals surface area contributed by atoms with Crippen LogP contribution in [0.3, 0.4) is 0 Å². The molecule has 1 fully saturated rings. The zero-order chi connectivity index (χ0) is 24.5. The first kappa shape index (κ1) is 23.2. The molecule has 2 aliphatic heterocycles. The quantitative estimate of drug-likeness (QED) is 0.508. The predicted molar refractivity (Wildman–Crippen MR) is 133 cm³/mol. The molecule has 2 aromatic carbocycles. The molecule has 35 heavy (non-hydrogen) atoms. The summed E-state index contributed by atoms with van der Waals surface area (Å²) in [5, 5.41) is 2.08. The number of ether oxygens (including phenoxy) is 4. The number of hydrogen-bond donors (Lipinski definition) is 0. The summed E-state index contributed by atoms with van der Waals surface area (Å²) in [5.74, 6) is 2.68. The lowest BCUT2D eigenvalue weighted by Crippen LogP contribution is -2.48. The number of carbonyl (C=O) groups is 1. The lowest BCUT2D eigenvalue weighted by molar-refractivity contribution is -0.686. The fourth-order valence-corrected chi connectivity index (χ4v) is 4.95. The molecule has 0 aliphatic carbocycles. The Kier molecular flexibility index (Phi) is 6.38. The molecule has 1 amide bonds. The normalized spacial score (nSPS) is 15.4. The van der Waals surface area contributed by atoms with E-state index in [-0.39, 0.29) is 12.5 Å². The number of hydrogen-bond acceptors (Lipinski definition) is 6. The van der Waals surface area contributed by atoms with Crippen molar-refractivity contribution in [2.24, 2.45) is 0 Å². The van der Waals surface area contributed by atoms with E-state index in [1.165, 1.54) is 5.56 Å². The summed E-state index contributed by atoms with van der Waals surface area (Å²) < 4.78 is 25.0. The second-order valence-corrected chi connectivity index (χ2v) is 9.04. The molecule has 0 radical (unpaired) electrons. The first-order valence-corrected chi connectivity index (χ1v) is 11.9. The van der Waals surface area contributed by atoms with Crippen molar-refractivity contribution in [3.63, 3.8) is 0 Å². The van der Waals surface area contributed by atoms with Crippen LogP contribution in [0.1, 0.15) is 5.56 Å². The fourth-order valence-electron chi connectivity index (χ4n) is 4.95. The summed E-state index contributed by atoms with van der Waals surface area (Å²) in [5.41, 5.74) is 3.37. The van der Waals surface area contributed by atoms with E-state index in [0.29, 0.717) is 17.2 Å². The predicted octanol–water partition coefficient (Wildman–Crippen LogP) is 2.53. The third-order valence-electron chi connectivity index (χ3n) is 7.00. The fraction of sp³-hybridized carbons (Fsp3) is 0.407. The van der Waals surface area contributed by atoms with E-state index < -0.39 is 0 Å². The Labute approximate surface area is 205 Å². The van der Waals surface area contributed by atoms with Gasteiger partial charge in [-0.1, -0.05) is 0 Å². The van der Waals surface area contributed by atoms with Gasteiger partial charge in [0.1, 0.15) is 0 Å². The van der Waals surface area contributed by atoms with Crippen molar-refractivity contribution in [3.05, 3.63) is 42.1 Å². The average molecular weight is 479 g/mol. The van der Waals surface area contributed by atoms with Crippen molar-refractivity contribution in [1.82, 2.24) is 9.80 Å². The number of methoxy groups -OCH3 is 3. The summed E-state index contributed by atoms with van der Waals surface area (Å²) in [4.78, 5) is 16.8. The van der Waals surface area contributed by atoms with Gasteiger partial charge in [-0.15, -0.1) is 0 Å². The molecule has 0 N–H and O–H groups in total. The van der Waals surface area contributed by atoms with E-state index in [1.807, 2.05) is 29.2 Å². The summed E-state index contributed by atoms with van der Waals surface area (Å²) in [6, 6.07) is 10.2. The molecule has 0 unspecified atom stereocenters. The van der Waals surface area contributed by atoms with Crippen molar-refractivity contribution in [1.29, 1.82) is 0 Å². The van der Waals surface area contributed by atoms with Crippen LogP contribution >= 0.6 is 0 Å². The third kappa shape index (κ3) is 4.34. The van der Waals surface area contributed by atoms with E-state index in [0.717, 1.165) is 66.9 Å². The van der Waals surface area contributed by atoms with Gasteiger partial charge in [0.15, 0.2) is 42.3 Å². The highest BCUT2D eigenvalue weighted by molar-refractivity contribution is 5.91. The third-order valence-corrected chi connectivity index (χ3v) is 7.00. The second-order valence-electron chi connectivity index (χ2n) is 9.04. The van der Waals surface area contributed by atoms with E-state index in [4.69, 9.17) is 18.9 Å². The van der Waals surface area contributed by atoms with Crippen LogP contribution in [0.15, 0.2) is 36.5 Å². The minimum Gasteiger partial charge on any atom is -0.493 e. The zero-order valence-electron chi connectivity index (χ0n) is 20.8. The summed E-state index contributed by atoms with van der Waals surface area (Å²) in [7, 11) is 7.02. The van der Waals surface area contributed by atoms with Gasteiger partial charge in [-0.25, -0.2) is 0 Å². The van der Waals surface area contributed by atoms with Crippen molar-refractivity contribution in [2.45, 2.75) is 13.0 Å². The molecule has 1 aromatic heterocycles. The van der Waals surface area contributed by atoms with Crippen LogP contribution in [-0.2, 0) is 17.8 Å². The van der Waals surface area contributed by atoms with Gasteiger partial charge in [0, 0.05) is 38.7 Å². The molecule has 8 heteroatoms. The van der Waals surface area contributed by atoms with Crippen LogP contribution in [0.5, 0.6) is 23.0 Å². The van der Waals surface area contributed by atoms with E-state index in [2.05, 4.69) is 28.8 Å². The molecule has 8 nitrogen and oxygen atoms in total. The number of aryl methyl sites for hydroxylation is 2. The number of aromatic nitrogens is 1. The highest BCUT2D eigenvalue weighted by Gasteiger charge is 2.28. The molecule has 184 valence electrons. The van der Waals surface area contributed by atoms with Crippen LogP contribution in [0, 0.1) is 0 Å². The first-order chi connectivity index (χ1) is 17.0. The van der Waals surface area contributed by atoms with E-state index in [9.17, 15) is 4.79 Å². The molecule has 5 rings (SSSR count). The van der Waals surface area contributed by atoms with Crippen LogP contribution in [-0.4, -0.2) is 76.9 Å². The van der Waals surface area contributed by atoms with Crippen molar-refractivity contribution in [3.8, 4) is 34.3 Å². The Morgan fingerprint density at radius 1 is 0.943 bits per heavy atom. The molecule has 3 aromatic rings. The molecule has 1 saturated heterocycles. The van der Waals surface area contributed by atoms with E-state index in [1.54, 1.807) is 21.3 Å². The van der Waals surface area contributed by atoms with Gasteiger partial charge >= 0.3 is 0 Å². The second kappa shape index (κ2) is 9.62. The van der Waals surface area contributed by atoms with Gasteiger partial charge < -0.3 is 28.7 Å². The van der Waals surface area contributed by atoms with Gasteiger partial charge in [0.05, 0.1) is 32.3 Å². The van der Waals surface area contributed by atoms with Crippen molar-refractivity contribution >= 4 is 16.7 Å². The molecular weight excluding hydrogens is 446 g/mol. The Hall–Kier alpha value is -3.52. The van der Waals surface area contributed by atoms with Gasteiger partial charge in [0.25, 0.3) is 5.91 Å². The minimum atomic E-state index is 0.00891. The minimum absolute atomic E-state index is 0.00891. The lowest BCUT2D eigenvalue weighted by atomic mass is 9.95.